The van der Waals surface area contributed by atoms with Gasteiger partial charge in [-0.2, -0.15) is 0 Å². The summed E-state index contributed by atoms with van der Waals surface area (Å²) >= 11 is 0. The van der Waals surface area contributed by atoms with Gasteiger partial charge in [-0.25, -0.2) is 0 Å². The number of carbonyl (C=O) groups excluding carboxylic acids is 1. The lowest BCUT2D eigenvalue weighted by molar-refractivity contribution is 0.00578. The Morgan fingerprint density at radius 2 is 1.59 bits per heavy atom. The number of hydrogen-bond donors (Lipinski definition) is 0. The summed E-state index contributed by atoms with van der Waals surface area (Å²) in [6.45, 7) is 12.0. The van der Waals surface area contributed by atoms with Gasteiger partial charge in [0.2, 0.25) is 0 Å². The molecule has 0 atom stereocenters. The van der Waals surface area contributed by atoms with Crippen LogP contribution in [-0.2, 0) is 9.31 Å². The molecule has 5 heteroatoms. The normalized spacial score (nSPS) is 23.5. The minimum atomic E-state index is -0.377. The molecule has 118 valence electrons. The Labute approximate surface area is 132 Å². The number of hydrogen-bond acceptors (Lipinski definition) is 3. The predicted molar refractivity (Wildman–Crippen MR) is 87.2 cm³/mol. The van der Waals surface area contributed by atoms with Crippen molar-refractivity contribution in [1.82, 2.24) is 4.90 Å². The van der Waals surface area contributed by atoms with Crippen molar-refractivity contribution >= 4 is 18.5 Å². The maximum Gasteiger partial charge on any atom is 0.494 e. The van der Waals surface area contributed by atoms with Crippen LogP contribution in [0.25, 0.3) is 0 Å². The largest absolute Gasteiger partial charge is 0.494 e. The highest BCUT2D eigenvalue weighted by atomic mass is 16.7. The van der Waals surface area contributed by atoms with Crippen LogP contribution in [0.15, 0.2) is 24.3 Å². The van der Waals surface area contributed by atoms with Gasteiger partial charge >= 0.3 is 7.12 Å². The lowest BCUT2D eigenvalue weighted by Crippen LogP contribution is -2.48. The second-order valence-electron chi connectivity index (χ2n) is 7.53. The molecule has 0 unspecified atom stereocenters. The number of nitrogens with zero attached hydrogens (tertiary/aromatic N) is 1. The lowest BCUT2D eigenvalue weighted by Gasteiger charge is -2.37. The van der Waals surface area contributed by atoms with Crippen LogP contribution in [0.5, 0.6) is 0 Å². The van der Waals surface area contributed by atoms with E-state index in [1.54, 1.807) is 0 Å². The first-order chi connectivity index (χ1) is 10.2. The minimum absolute atomic E-state index is 0.110. The highest BCUT2D eigenvalue weighted by Gasteiger charge is 2.51. The van der Waals surface area contributed by atoms with E-state index in [1.165, 1.54) is 0 Å². The molecule has 4 nitrogen and oxygen atoms in total. The molecule has 1 amide bonds. The van der Waals surface area contributed by atoms with Gasteiger partial charge in [0.05, 0.1) is 11.2 Å². The van der Waals surface area contributed by atoms with E-state index in [4.69, 9.17) is 9.31 Å². The third-order valence-corrected chi connectivity index (χ3v) is 5.03. The van der Waals surface area contributed by atoms with E-state index in [-0.39, 0.29) is 24.2 Å². The summed E-state index contributed by atoms with van der Waals surface area (Å²) in [5.41, 5.74) is 0.985. The van der Waals surface area contributed by atoms with Crippen LogP contribution in [0.2, 0.25) is 0 Å². The minimum Gasteiger partial charge on any atom is -0.399 e. The Bertz CT molecular complexity index is 560. The van der Waals surface area contributed by atoms with Crippen LogP contribution in [-0.4, -0.2) is 42.2 Å². The highest BCUT2D eigenvalue weighted by molar-refractivity contribution is 6.62. The standard InChI is InChI=1S/C17H24BNO3/c1-12-10-19(11-12)15(20)13-6-8-14(9-7-13)18-21-16(2,3)17(4,5)22-18/h6-9,12H,10-11H2,1-5H3. The van der Waals surface area contributed by atoms with Gasteiger partial charge in [-0.1, -0.05) is 19.1 Å². The van der Waals surface area contributed by atoms with Crippen molar-refractivity contribution < 1.29 is 14.1 Å². The molecule has 2 saturated heterocycles. The quantitative estimate of drug-likeness (QED) is 0.785. The molecule has 0 aliphatic carbocycles. The topological polar surface area (TPSA) is 38.8 Å². The molecular formula is C17H24BNO3. The van der Waals surface area contributed by atoms with Gasteiger partial charge in [-0.15, -0.1) is 0 Å². The fourth-order valence-corrected chi connectivity index (χ4v) is 2.81. The zero-order valence-electron chi connectivity index (χ0n) is 14.1. The van der Waals surface area contributed by atoms with Crippen LogP contribution in [0.3, 0.4) is 0 Å². The Kier molecular flexibility index (Phi) is 3.61. The van der Waals surface area contributed by atoms with E-state index >= 15 is 0 Å². The van der Waals surface area contributed by atoms with Crippen LogP contribution in [0, 0.1) is 5.92 Å². The van der Waals surface area contributed by atoms with Crippen molar-refractivity contribution in [3.05, 3.63) is 29.8 Å². The molecule has 1 aromatic carbocycles. The first kappa shape index (κ1) is 15.6. The fraction of sp³-hybridized carbons (Fsp3) is 0.588. The summed E-state index contributed by atoms with van der Waals surface area (Å²) in [6, 6.07) is 7.59. The van der Waals surface area contributed by atoms with Crippen LogP contribution < -0.4 is 5.46 Å². The second-order valence-corrected chi connectivity index (χ2v) is 7.53. The SMILES string of the molecule is CC1CN(C(=O)c2ccc(B3OC(C)(C)C(C)(C)O3)cc2)C1. The Hall–Kier alpha value is -1.33. The second kappa shape index (κ2) is 5.10. The summed E-state index contributed by atoms with van der Waals surface area (Å²) in [4.78, 5) is 14.2. The first-order valence-corrected chi connectivity index (χ1v) is 7.94. The molecule has 0 radical (unpaired) electrons. The maximum atomic E-state index is 12.3. The number of amides is 1. The van der Waals surface area contributed by atoms with E-state index in [0.717, 1.165) is 24.1 Å². The molecular weight excluding hydrogens is 277 g/mol. The number of carbonyl (C=O) groups is 1. The fourth-order valence-electron chi connectivity index (χ4n) is 2.81. The van der Waals surface area contributed by atoms with Gasteiger partial charge in [0.1, 0.15) is 0 Å². The third kappa shape index (κ3) is 2.57. The zero-order valence-corrected chi connectivity index (χ0v) is 14.1. The van der Waals surface area contributed by atoms with Gasteiger partial charge in [0.15, 0.2) is 0 Å². The molecule has 0 aromatic heterocycles. The van der Waals surface area contributed by atoms with Crippen molar-refractivity contribution in [3.8, 4) is 0 Å². The van der Waals surface area contributed by atoms with E-state index in [0.29, 0.717) is 5.92 Å². The molecule has 2 aliphatic heterocycles. The van der Waals surface area contributed by atoms with E-state index < -0.39 is 0 Å². The number of benzene rings is 1. The zero-order chi connectivity index (χ0) is 16.1. The predicted octanol–water partition coefficient (Wildman–Crippen LogP) is 2.08. The summed E-state index contributed by atoms with van der Waals surface area (Å²) in [5, 5.41) is 0. The van der Waals surface area contributed by atoms with Crippen molar-refractivity contribution in [1.29, 1.82) is 0 Å². The Morgan fingerprint density at radius 3 is 2.05 bits per heavy atom. The van der Waals surface area contributed by atoms with Crippen LogP contribution in [0.4, 0.5) is 0 Å². The smallest absolute Gasteiger partial charge is 0.399 e. The van der Waals surface area contributed by atoms with Crippen LogP contribution in [0.1, 0.15) is 45.0 Å². The third-order valence-electron chi connectivity index (χ3n) is 5.03. The van der Waals surface area contributed by atoms with Gasteiger partial charge in [0.25, 0.3) is 5.91 Å². The van der Waals surface area contributed by atoms with Crippen molar-refractivity contribution in [3.63, 3.8) is 0 Å². The Balaban J connectivity index is 1.71. The summed E-state index contributed by atoms with van der Waals surface area (Å²) in [6.07, 6.45) is 0. The van der Waals surface area contributed by atoms with Gasteiger partial charge in [-0.05, 0) is 51.2 Å². The summed E-state index contributed by atoms with van der Waals surface area (Å²) < 4.78 is 12.1. The average molecular weight is 301 g/mol. The Morgan fingerprint density at radius 1 is 1.09 bits per heavy atom. The monoisotopic (exact) mass is 301 g/mol. The molecule has 0 spiro atoms. The molecule has 22 heavy (non-hydrogen) atoms. The highest BCUT2D eigenvalue weighted by Crippen LogP contribution is 2.36. The summed E-state index contributed by atoms with van der Waals surface area (Å²) in [7, 11) is -0.377. The average Bonchev–Trinajstić information content (AvgIpc) is 2.63. The van der Waals surface area contributed by atoms with Crippen LogP contribution >= 0.6 is 0 Å². The number of likely N-dealkylation sites (tertiary alicyclic amines) is 1. The molecule has 2 fully saturated rings. The first-order valence-electron chi connectivity index (χ1n) is 7.94. The maximum absolute atomic E-state index is 12.3. The molecule has 0 saturated carbocycles. The van der Waals surface area contributed by atoms with E-state index in [1.807, 2.05) is 56.9 Å². The van der Waals surface area contributed by atoms with Crippen molar-refractivity contribution in [2.24, 2.45) is 5.92 Å². The molecule has 2 aliphatic rings. The molecule has 0 bridgehead atoms. The molecule has 1 aromatic rings. The number of rotatable bonds is 2. The van der Waals surface area contributed by atoms with Gasteiger partial charge < -0.3 is 14.2 Å². The van der Waals surface area contributed by atoms with Crippen molar-refractivity contribution in [2.45, 2.75) is 45.8 Å². The molecule has 2 heterocycles. The molecule has 0 N–H and O–H groups in total. The lowest BCUT2D eigenvalue weighted by atomic mass is 9.79. The van der Waals surface area contributed by atoms with E-state index in [9.17, 15) is 4.79 Å². The van der Waals surface area contributed by atoms with E-state index in [2.05, 4.69) is 6.92 Å². The summed E-state index contributed by atoms with van der Waals surface area (Å²) in [5.74, 6) is 0.728. The van der Waals surface area contributed by atoms with Crippen molar-refractivity contribution in [2.75, 3.05) is 13.1 Å². The van der Waals surface area contributed by atoms with Gasteiger partial charge in [0, 0.05) is 18.7 Å². The molecule has 3 rings (SSSR count). The van der Waals surface area contributed by atoms with Gasteiger partial charge in [-0.3, -0.25) is 4.79 Å².